The van der Waals surface area contributed by atoms with Gasteiger partial charge in [-0.25, -0.2) is 9.18 Å². The number of aliphatic carboxylic acids is 1. The van der Waals surface area contributed by atoms with Crippen LogP contribution in [0.4, 0.5) is 4.39 Å². The van der Waals surface area contributed by atoms with Crippen LogP contribution >= 0.6 is 11.8 Å². The Morgan fingerprint density at radius 1 is 1.42 bits per heavy atom. The number of halogens is 1. The van der Waals surface area contributed by atoms with Gasteiger partial charge in [-0.15, -0.1) is 11.8 Å². The first-order chi connectivity index (χ1) is 15.0. The van der Waals surface area contributed by atoms with Gasteiger partial charge in [-0.2, -0.15) is 0 Å². The molecule has 2 aliphatic rings. The van der Waals surface area contributed by atoms with Crippen LogP contribution in [-0.4, -0.2) is 72.3 Å². The largest absolute Gasteiger partial charge is 0.478 e. The van der Waals surface area contributed by atoms with Crippen LogP contribution in [-0.2, 0) is 20.8 Å². The summed E-state index contributed by atoms with van der Waals surface area (Å²) in [4.78, 5) is 16.6. The maximum absolute atomic E-state index is 13.9. The molecule has 1 N–H and O–H groups in total. The lowest BCUT2D eigenvalue weighted by molar-refractivity contribution is -0.132. The molecule has 2 atom stereocenters. The minimum Gasteiger partial charge on any atom is -0.478 e. The lowest BCUT2D eigenvalue weighted by Crippen LogP contribution is -2.57. The Balaban J connectivity index is 2.03. The van der Waals surface area contributed by atoms with Gasteiger partial charge in [0.2, 0.25) is 0 Å². The first kappa shape index (κ1) is 23.8. The monoisotopic (exact) mass is 450 g/mol. The van der Waals surface area contributed by atoms with E-state index in [1.165, 1.54) is 23.9 Å². The van der Waals surface area contributed by atoms with Gasteiger partial charge in [0.05, 0.1) is 23.8 Å². The summed E-state index contributed by atoms with van der Waals surface area (Å²) in [6.45, 7) is 6.86. The van der Waals surface area contributed by atoms with Crippen LogP contribution in [0.3, 0.4) is 0 Å². The van der Waals surface area contributed by atoms with Crippen molar-refractivity contribution in [2.45, 2.75) is 39.0 Å². The van der Waals surface area contributed by atoms with E-state index in [0.29, 0.717) is 31.9 Å². The number of carboxylic acid groups (broad SMARTS) is 1. The summed E-state index contributed by atoms with van der Waals surface area (Å²) < 4.78 is 24.9. The Bertz CT molecular complexity index is 845. The van der Waals surface area contributed by atoms with Crippen molar-refractivity contribution in [3.05, 3.63) is 57.9 Å². The topological polar surface area (TPSA) is 62.2 Å². The van der Waals surface area contributed by atoms with Crippen LogP contribution in [0.5, 0.6) is 0 Å². The molecule has 1 fully saturated rings. The highest BCUT2D eigenvalue weighted by Gasteiger charge is 2.37. The second-order valence-electron chi connectivity index (χ2n) is 7.69. The number of methoxy groups -OCH3 is 1. The van der Waals surface area contributed by atoms with Crippen LogP contribution in [0, 0.1) is 5.82 Å². The number of hydrogen-bond acceptors (Lipinski definition) is 6. The van der Waals surface area contributed by atoms with E-state index in [1.54, 1.807) is 13.2 Å². The van der Waals surface area contributed by atoms with Gasteiger partial charge in [0, 0.05) is 32.8 Å². The highest BCUT2D eigenvalue weighted by atomic mass is 32.2. The summed E-state index contributed by atoms with van der Waals surface area (Å²) in [6.07, 6.45) is 2.69. The van der Waals surface area contributed by atoms with Gasteiger partial charge in [0.25, 0.3) is 0 Å². The highest BCUT2D eigenvalue weighted by Crippen LogP contribution is 2.37. The summed E-state index contributed by atoms with van der Waals surface area (Å²) in [5, 5.41) is 10.7. The average molecular weight is 451 g/mol. The molecule has 0 amide bonds. The molecular weight excluding hydrogens is 419 g/mol. The minimum atomic E-state index is -0.940. The lowest BCUT2D eigenvalue weighted by Gasteiger charge is -2.48. The van der Waals surface area contributed by atoms with Gasteiger partial charge >= 0.3 is 5.97 Å². The Morgan fingerprint density at radius 2 is 2.23 bits per heavy atom. The summed E-state index contributed by atoms with van der Waals surface area (Å²) >= 11 is 1.52. The van der Waals surface area contributed by atoms with Crippen molar-refractivity contribution in [1.29, 1.82) is 0 Å². The number of ether oxygens (including phenoxy) is 2. The number of benzene rings is 1. The average Bonchev–Trinajstić information content (AvgIpc) is 2.74. The zero-order valence-electron chi connectivity index (χ0n) is 18.3. The predicted octanol–water partition coefficient (Wildman–Crippen LogP) is 3.70. The van der Waals surface area contributed by atoms with Gasteiger partial charge in [0.1, 0.15) is 12.0 Å². The van der Waals surface area contributed by atoms with Crippen molar-refractivity contribution in [3.8, 4) is 0 Å². The van der Waals surface area contributed by atoms with Crippen LogP contribution in [0.2, 0.25) is 0 Å². The zero-order valence-corrected chi connectivity index (χ0v) is 19.2. The van der Waals surface area contributed by atoms with Crippen LogP contribution < -0.4 is 0 Å². The Kier molecular flexibility index (Phi) is 8.54. The third-order valence-electron chi connectivity index (χ3n) is 5.59. The number of carbonyl (C=O) groups is 1. The van der Waals surface area contributed by atoms with E-state index >= 15 is 0 Å². The molecule has 2 heterocycles. The van der Waals surface area contributed by atoms with Crippen molar-refractivity contribution in [2.24, 2.45) is 0 Å². The molecular formula is C23H31FN2O4S. The van der Waals surface area contributed by atoms with E-state index in [-0.39, 0.29) is 18.0 Å². The van der Waals surface area contributed by atoms with Crippen molar-refractivity contribution in [2.75, 3.05) is 39.2 Å². The number of carboxylic acids is 1. The van der Waals surface area contributed by atoms with Gasteiger partial charge in [-0.1, -0.05) is 19.1 Å². The molecule has 8 heteroatoms. The number of rotatable bonds is 9. The third kappa shape index (κ3) is 5.68. The Labute approximate surface area is 187 Å². The number of hydrogen-bond donors (Lipinski definition) is 1. The van der Waals surface area contributed by atoms with E-state index in [2.05, 4.69) is 9.80 Å². The predicted molar refractivity (Wildman–Crippen MR) is 120 cm³/mol. The molecule has 2 unspecified atom stereocenters. The van der Waals surface area contributed by atoms with Crippen molar-refractivity contribution in [1.82, 2.24) is 9.80 Å². The Hall–Kier alpha value is -1.87. The maximum atomic E-state index is 13.9. The molecule has 1 aromatic rings. The van der Waals surface area contributed by atoms with E-state index in [0.717, 1.165) is 34.9 Å². The molecule has 6 nitrogen and oxygen atoms in total. The molecule has 31 heavy (non-hydrogen) atoms. The van der Waals surface area contributed by atoms with Crippen LogP contribution in [0.1, 0.15) is 25.8 Å². The fourth-order valence-electron chi connectivity index (χ4n) is 4.17. The molecule has 170 valence electrons. The van der Waals surface area contributed by atoms with E-state index in [9.17, 15) is 14.3 Å². The highest BCUT2D eigenvalue weighted by molar-refractivity contribution is 8.03. The third-order valence-corrected chi connectivity index (χ3v) is 6.59. The normalized spacial score (nSPS) is 22.6. The standard InChI is InChI=1S/C23H31FN2O4S/c1-4-31-22-21(23(27)28)16(2)12-20(25-9-11-30-15-19(25)8-10-29-3)26(22)14-17-6-5-7-18(24)13-17/h5-7,12-13,19-20H,4,8-11,14-15H2,1-3H3,(H,27,28). The first-order valence-electron chi connectivity index (χ1n) is 10.6. The van der Waals surface area contributed by atoms with E-state index < -0.39 is 5.97 Å². The molecule has 0 spiro atoms. The quantitative estimate of drug-likeness (QED) is 0.616. The fraction of sp³-hybridized carbons (Fsp3) is 0.522. The minimum absolute atomic E-state index is 0.147. The second kappa shape index (κ2) is 11.1. The summed E-state index contributed by atoms with van der Waals surface area (Å²) in [5.74, 6) is -0.498. The molecule has 2 aliphatic heterocycles. The van der Waals surface area contributed by atoms with Crippen molar-refractivity contribution < 1.29 is 23.8 Å². The van der Waals surface area contributed by atoms with E-state index in [4.69, 9.17) is 9.47 Å². The molecule has 1 saturated heterocycles. The maximum Gasteiger partial charge on any atom is 0.338 e. The first-order valence-corrected chi connectivity index (χ1v) is 11.6. The van der Waals surface area contributed by atoms with Crippen LogP contribution in [0.25, 0.3) is 0 Å². The smallest absolute Gasteiger partial charge is 0.338 e. The molecule has 0 radical (unpaired) electrons. The van der Waals surface area contributed by atoms with Crippen molar-refractivity contribution >= 4 is 17.7 Å². The van der Waals surface area contributed by atoms with Crippen LogP contribution in [0.15, 0.2) is 46.5 Å². The number of nitrogens with zero attached hydrogens (tertiary/aromatic N) is 2. The van der Waals surface area contributed by atoms with Gasteiger partial charge in [-0.3, -0.25) is 4.90 Å². The molecule has 0 saturated carbocycles. The number of morpholine rings is 1. The molecule has 1 aromatic carbocycles. The van der Waals surface area contributed by atoms with Gasteiger partial charge in [-0.05, 0) is 48.4 Å². The molecule has 0 aromatic heterocycles. The lowest BCUT2D eigenvalue weighted by atomic mass is 10.0. The molecule has 3 rings (SSSR count). The summed E-state index contributed by atoms with van der Waals surface area (Å²) in [5.41, 5.74) is 1.88. The summed E-state index contributed by atoms with van der Waals surface area (Å²) in [6, 6.07) is 6.65. The Morgan fingerprint density at radius 3 is 2.90 bits per heavy atom. The number of thioether (sulfide) groups is 1. The van der Waals surface area contributed by atoms with Crippen molar-refractivity contribution in [3.63, 3.8) is 0 Å². The summed E-state index contributed by atoms with van der Waals surface area (Å²) in [7, 11) is 1.69. The zero-order chi connectivity index (χ0) is 22.4. The molecule has 0 bridgehead atoms. The van der Waals surface area contributed by atoms with Gasteiger partial charge < -0.3 is 19.5 Å². The fourth-order valence-corrected chi connectivity index (χ4v) is 5.18. The molecule has 0 aliphatic carbocycles. The van der Waals surface area contributed by atoms with E-state index in [1.807, 2.05) is 26.0 Å². The van der Waals surface area contributed by atoms with Gasteiger partial charge in [0.15, 0.2) is 0 Å². The second-order valence-corrected chi connectivity index (χ2v) is 8.94. The SMILES string of the molecule is CCSC1=C(C(=O)O)C(C)=CC(N2CCOCC2CCOC)N1Cc1cccc(F)c1.